The number of halogens is 2. The van der Waals surface area contributed by atoms with Crippen LogP contribution in [0.3, 0.4) is 0 Å². The lowest BCUT2D eigenvalue weighted by atomic mass is 9.93. The highest BCUT2D eigenvalue weighted by atomic mass is 35.5. The molecule has 0 radical (unpaired) electrons. The van der Waals surface area contributed by atoms with Crippen LogP contribution in [0, 0.1) is 5.92 Å². The second-order valence-electron chi connectivity index (χ2n) is 7.16. The van der Waals surface area contributed by atoms with Crippen LogP contribution in [0.25, 0.3) is 0 Å². The predicted octanol–water partition coefficient (Wildman–Crippen LogP) is 3.63. The van der Waals surface area contributed by atoms with E-state index < -0.39 is 0 Å². The van der Waals surface area contributed by atoms with Crippen LogP contribution in [-0.4, -0.2) is 40.4 Å². The van der Waals surface area contributed by atoms with Crippen molar-refractivity contribution in [1.82, 2.24) is 14.8 Å². The molecule has 2 aliphatic rings. The molecule has 3 rings (SSSR count). The largest absolute Gasteiger partial charge is 0.353 e. The molecule has 0 bridgehead atoms. The van der Waals surface area contributed by atoms with Crippen LogP contribution in [0.5, 0.6) is 0 Å². The fourth-order valence-electron chi connectivity index (χ4n) is 3.85. The number of likely N-dealkylation sites (tertiary alicyclic amines) is 1. The SMILES string of the molecule is Cn1c(C(=O)N2CCC[C@@H](C(=O)NC3CCCCC3)C2)cc(Cl)c1Cl. The maximum absolute atomic E-state index is 12.8. The number of hydrogen-bond acceptors (Lipinski definition) is 2. The third kappa shape index (κ3) is 4.14. The highest BCUT2D eigenvalue weighted by Gasteiger charge is 2.31. The van der Waals surface area contributed by atoms with Gasteiger partial charge in [-0.15, -0.1) is 0 Å². The van der Waals surface area contributed by atoms with Crippen LogP contribution < -0.4 is 5.32 Å². The van der Waals surface area contributed by atoms with E-state index in [0.717, 1.165) is 25.7 Å². The van der Waals surface area contributed by atoms with Crippen molar-refractivity contribution in [3.8, 4) is 0 Å². The number of piperidine rings is 1. The number of amides is 2. The molecule has 1 aromatic heterocycles. The fraction of sp³-hybridized carbons (Fsp3) is 0.667. The molecule has 1 atom stereocenters. The first-order chi connectivity index (χ1) is 12.0. The van der Waals surface area contributed by atoms with Crippen molar-refractivity contribution in [1.29, 1.82) is 0 Å². The molecular formula is C18H25Cl2N3O2. The first-order valence-electron chi connectivity index (χ1n) is 9.07. The van der Waals surface area contributed by atoms with Gasteiger partial charge in [0.05, 0.1) is 10.9 Å². The van der Waals surface area contributed by atoms with Crippen LogP contribution in [0.2, 0.25) is 10.2 Å². The Bertz CT molecular complexity index is 653. The summed E-state index contributed by atoms with van der Waals surface area (Å²) in [5, 5.41) is 3.91. The van der Waals surface area contributed by atoms with E-state index in [1.165, 1.54) is 19.3 Å². The van der Waals surface area contributed by atoms with Crippen molar-refractivity contribution >= 4 is 35.0 Å². The van der Waals surface area contributed by atoms with E-state index in [0.29, 0.717) is 35.0 Å². The van der Waals surface area contributed by atoms with E-state index in [2.05, 4.69) is 5.32 Å². The van der Waals surface area contributed by atoms with Gasteiger partial charge in [0.15, 0.2) is 0 Å². The zero-order valence-electron chi connectivity index (χ0n) is 14.6. The summed E-state index contributed by atoms with van der Waals surface area (Å²) in [5.74, 6) is -0.162. The van der Waals surface area contributed by atoms with Gasteiger partial charge in [0, 0.05) is 26.2 Å². The molecule has 1 saturated heterocycles. The number of carbonyl (C=O) groups excluding carboxylic acids is 2. The van der Waals surface area contributed by atoms with Crippen LogP contribution in [-0.2, 0) is 11.8 Å². The Morgan fingerprint density at radius 1 is 1.12 bits per heavy atom. The second-order valence-corrected chi connectivity index (χ2v) is 7.93. The van der Waals surface area contributed by atoms with Crippen molar-refractivity contribution in [2.24, 2.45) is 13.0 Å². The molecule has 7 heteroatoms. The molecule has 138 valence electrons. The topological polar surface area (TPSA) is 54.3 Å². The number of nitrogens with zero attached hydrogens (tertiary/aromatic N) is 2. The first-order valence-corrected chi connectivity index (χ1v) is 9.83. The van der Waals surface area contributed by atoms with Gasteiger partial charge in [-0.05, 0) is 31.7 Å². The van der Waals surface area contributed by atoms with Gasteiger partial charge >= 0.3 is 0 Å². The van der Waals surface area contributed by atoms with Crippen molar-refractivity contribution in [2.45, 2.75) is 51.0 Å². The number of hydrogen-bond donors (Lipinski definition) is 1. The summed E-state index contributed by atoms with van der Waals surface area (Å²) < 4.78 is 1.60. The lowest BCUT2D eigenvalue weighted by Gasteiger charge is -2.33. The van der Waals surface area contributed by atoms with Gasteiger partial charge in [-0.25, -0.2) is 0 Å². The lowest BCUT2D eigenvalue weighted by molar-refractivity contribution is -0.127. The van der Waals surface area contributed by atoms with Crippen LogP contribution in [0.15, 0.2) is 6.07 Å². The summed E-state index contributed by atoms with van der Waals surface area (Å²) in [7, 11) is 1.72. The van der Waals surface area contributed by atoms with Gasteiger partial charge < -0.3 is 14.8 Å². The zero-order valence-corrected chi connectivity index (χ0v) is 16.1. The Kier molecular flexibility index (Phi) is 5.95. The van der Waals surface area contributed by atoms with Crippen molar-refractivity contribution in [3.63, 3.8) is 0 Å². The van der Waals surface area contributed by atoms with E-state index in [1.807, 2.05) is 0 Å². The van der Waals surface area contributed by atoms with E-state index in [4.69, 9.17) is 23.2 Å². The molecule has 0 spiro atoms. The second kappa shape index (κ2) is 8.00. The zero-order chi connectivity index (χ0) is 18.0. The molecule has 0 aromatic carbocycles. The maximum atomic E-state index is 12.8. The average Bonchev–Trinajstić information content (AvgIpc) is 2.89. The average molecular weight is 386 g/mol. The van der Waals surface area contributed by atoms with Gasteiger partial charge in [-0.3, -0.25) is 9.59 Å². The predicted molar refractivity (Wildman–Crippen MR) is 99.1 cm³/mol. The normalized spacial score (nSPS) is 22.0. The smallest absolute Gasteiger partial charge is 0.270 e. The van der Waals surface area contributed by atoms with E-state index in [1.54, 1.807) is 22.6 Å². The summed E-state index contributed by atoms with van der Waals surface area (Å²) in [6.45, 7) is 1.12. The molecule has 1 aliphatic heterocycles. The van der Waals surface area contributed by atoms with Gasteiger partial charge in [0.25, 0.3) is 5.91 Å². The number of aromatic nitrogens is 1. The molecule has 2 amide bonds. The Labute approximate surface area is 158 Å². The summed E-state index contributed by atoms with van der Waals surface area (Å²) in [6, 6.07) is 1.90. The van der Waals surface area contributed by atoms with Gasteiger partial charge in [-0.2, -0.15) is 0 Å². The standard InChI is InChI=1S/C18H25Cl2N3O2/c1-22-15(10-14(19)16(22)20)18(25)23-9-5-6-12(11-23)17(24)21-13-7-3-2-4-8-13/h10,12-13H,2-9,11H2,1H3,(H,21,24)/t12-/m1/s1. The van der Waals surface area contributed by atoms with Crippen LogP contribution in [0.4, 0.5) is 0 Å². The molecule has 1 N–H and O–H groups in total. The molecule has 2 fully saturated rings. The van der Waals surface area contributed by atoms with Gasteiger partial charge in [-0.1, -0.05) is 42.5 Å². The maximum Gasteiger partial charge on any atom is 0.270 e. The first kappa shape index (κ1) is 18.6. The molecule has 1 aliphatic carbocycles. The monoisotopic (exact) mass is 385 g/mol. The highest BCUT2D eigenvalue weighted by molar-refractivity contribution is 6.41. The molecule has 1 aromatic rings. The van der Waals surface area contributed by atoms with Crippen molar-refractivity contribution in [2.75, 3.05) is 13.1 Å². The van der Waals surface area contributed by atoms with Crippen LogP contribution >= 0.6 is 23.2 Å². The van der Waals surface area contributed by atoms with Crippen molar-refractivity contribution in [3.05, 3.63) is 21.9 Å². The molecule has 2 heterocycles. The number of carbonyl (C=O) groups is 2. The summed E-state index contributed by atoms with van der Waals surface area (Å²) in [5.41, 5.74) is 0.461. The molecule has 5 nitrogen and oxygen atoms in total. The molecule has 25 heavy (non-hydrogen) atoms. The molecular weight excluding hydrogens is 361 g/mol. The Hall–Kier alpha value is -1.20. The van der Waals surface area contributed by atoms with E-state index in [-0.39, 0.29) is 17.7 Å². The minimum atomic E-state index is -0.133. The number of rotatable bonds is 3. The van der Waals surface area contributed by atoms with E-state index >= 15 is 0 Å². The Morgan fingerprint density at radius 3 is 2.48 bits per heavy atom. The lowest BCUT2D eigenvalue weighted by Crippen LogP contribution is -2.48. The minimum absolute atomic E-state index is 0.0901. The third-order valence-electron chi connectivity index (χ3n) is 5.37. The quantitative estimate of drug-likeness (QED) is 0.863. The molecule has 0 unspecified atom stereocenters. The summed E-state index contributed by atoms with van der Waals surface area (Å²) in [4.78, 5) is 27.1. The summed E-state index contributed by atoms with van der Waals surface area (Å²) >= 11 is 12.1. The van der Waals surface area contributed by atoms with Gasteiger partial charge in [0.1, 0.15) is 10.8 Å². The molecule has 1 saturated carbocycles. The van der Waals surface area contributed by atoms with Crippen LogP contribution in [0.1, 0.15) is 55.4 Å². The van der Waals surface area contributed by atoms with Gasteiger partial charge in [0.2, 0.25) is 5.91 Å². The highest BCUT2D eigenvalue weighted by Crippen LogP contribution is 2.27. The third-order valence-corrected chi connectivity index (χ3v) is 6.21. The Balaban J connectivity index is 1.63. The van der Waals surface area contributed by atoms with Crippen molar-refractivity contribution < 1.29 is 9.59 Å². The summed E-state index contributed by atoms with van der Waals surface area (Å²) in [6.07, 6.45) is 7.45. The van der Waals surface area contributed by atoms with E-state index in [9.17, 15) is 9.59 Å². The Morgan fingerprint density at radius 2 is 1.84 bits per heavy atom. The fourth-order valence-corrected chi connectivity index (χ4v) is 4.23. The number of nitrogens with one attached hydrogen (secondary N) is 1. The minimum Gasteiger partial charge on any atom is -0.353 e.